The van der Waals surface area contributed by atoms with E-state index in [-0.39, 0.29) is 18.1 Å². The normalized spacial score (nSPS) is 29.9. The lowest BCUT2D eigenvalue weighted by Gasteiger charge is -2.29. The van der Waals surface area contributed by atoms with Crippen molar-refractivity contribution in [3.63, 3.8) is 0 Å². The van der Waals surface area contributed by atoms with Gasteiger partial charge in [-0.25, -0.2) is 15.1 Å². The molecule has 23 heavy (non-hydrogen) atoms. The van der Waals surface area contributed by atoms with Crippen LogP contribution in [0.3, 0.4) is 0 Å². The maximum absolute atomic E-state index is 12.3. The van der Waals surface area contributed by atoms with Crippen LogP contribution in [0.25, 0.3) is 0 Å². The van der Waals surface area contributed by atoms with Crippen LogP contribution < -0.4 is 10.8 Å². The van der Waals surface area contributed by atoms with E-state index in [4.69, 9.17) is 14.8 Å². The number of fused-ring (bicyclic) bond motifs is 2. The molecule has 3 saturated heterocycles. The molecule has 3 aliphatic heterocycles. The second-order valence-corrected chi connectivity index (χ2v) is 5.87. The highest BCUT2D eigenvalue weighted by molar-refractivity contribution is 5.88. The first-order chi connectivity index (χ1) is 11.1. The largest absolute Gasteiger partial charge is 0.479 e. The van der Waals surface area contributed by atoms with Crippen molar-refractivity contribution in [2.24, 2.45) is 0 Å². The van der Waals surface area contributed by atoms with Gasteiger partial charge in [0, 0.05) is 13.1 Å². The molecule has 0 aromatic rings. The van der Waals surface area contributed by atoms with E-state index in [2.05, 4.69) is 10.8 Å². The molecule has 0 radical (unpaired) electrons. The first-order valence-corrected chi connectivity index (χ1v) is 7.67. The maximum Gasteiger partial charge on any atom is 0.345 e. The molecule has 0 unspecified atom stereocenters. The van der Waals surface area contributed by atoms with Crippen molar-refractivity contribution in [3.8, 4) is 0 Å². The lowest BCUT2D eigenvalue weighted by Crippen LogP contribution is -2.50. The molecule has 0 saturated carbocycles. The summed E-state index contributed by atoms with van der Waals surface area (Å²) in [6, 6.07) is -1.31. The van der Waals surface area contributed by atoms with E-state index in [0.29, 0.717) is 25.9 Å². The number of aliphatic carboxylic acids is 1. The van der Waals surface area contributed by atoms with Gasteiger partial charge < -0.3 is 15.3 Å². The van der Waals surface area contributed by atoms with Crippen LogP contribution in [0.1, 0.15) is 19.3 Å². The summed E-state index contributed by atoms with van der Waals surface area (Å²) >= 11 is 0. The van der Waals surface area contributed by atoms with Gasteiger partial charge in [0.05, 0.1) is 12.1 Å². The fraction of sp³-hybridized carbons (Fsp3) is 0.769. The lowest BCUT2D eigenvalue weighted by molar-refractivity contribution is -0.167. The zero-order chi connectivity index (χ0) is 16.4. The van der Waals surface area contributed by atoms with Crippen molar-refractivity contribution >= 4 is 17.9 Å². The molecule has 0 spiro atoms. The van der Waals surface area contributed by atoms with Gasteiger partial charge >= 0.3 is 12.0 Å². The molecule has 3 aliphatic rings. The third kappa shape index (κ3) is 3.38. The van der Waals surface area contributed by atoms with Crippen molar-refractivity contribution < 1.29 is 29.2 Å². The number of nitrogens with one attached hydrogen (secondary N) is 2. The Morgan fingerprint density at radius 3 is 2.87 bits per heavy atom. The molecule has 3 rings (SSSR count). The Hall–Kier alpha value is -1.91. The van der Waals surface area contributed by atoms with E-state index < -0.39 is 24.6 Å². The van der Waals surface area contributed by atoms with Gasteiger partial charge in [-0.1, -0.05) is 0 Å². The van der Waals surface area contributed by atoms with Crippen LogP contribution in [0, 0.1) is 0 Å². The zero-order valence-electron chi connectivity index (χ0n) is 12.6. The first-order valence-electron chi connectivity index (χ1n) is 7.67. The van der Waals surface area contributed by atoms with E-state index in [1.165, 1.54) is 4.90 Å². The number of carbonyl (C=O) groups excluding carboxylic acids is 2. The van der Waals surface area contributed by atoms with Crippen molar-refractivity contribution in [2.45, 2.75) is 37.5 Å². The Morgan fingerprint density at radius 2 is 2.17 bits per heavy atom. The Kier molecular flexibility index (Phi) is 4.64. The summed E-state index contributed by atoms with van der Waals surface area (Å²) in [5.74, 6) is -1.51. The summed E-state index contributed by atoms with van der Waals surface area (Å²) in [4.78, 5) is 46.9. The Balaban J connectivity index is 1.55. The van der Waals surface area contributed by atoms with Crippen LogP contribution in [-0.2, 0) is 19.3 Å². The predicted molar refractivity (Wildman–Crippen MR) is 74.8 cm³/mol. The smallest absolute Gasteiger partial charge is 0.345 e. The van der Waals surface area contributed by atoms with E-state index in [1.54, 1.807) is 0 Å². The van der Waals surface area contributed by atoms with Gasteiger partial charge in [-0.05, 0) is 25.8 Å². The topological polar surface area (TPSA) is 120 Å². The molecule has 10 heteroatoms. The number of nitrogens with zero attached hydrogens (tertiary/aromatic N) is 2. The van der Waals surface area contributed by atoms with E-state index >= 15 is 0 Å². The fourth-order valence-corrected chi connectivity index (χ4v) is 3.13. The van der Waals surface area contributed by atoms with Crippen molar-refractivity contribution in [2.75, 3.05) is 26.2 Å². The average molecular weight is 328 g/mol. The number of piperidine rings is 1. The van der Waals surface area contributed by atoms with Gasteiger partial charge in [0.15, 0.2) is 6.61 Å². The van der Waals surface area contributed by atoms with E-state index in [1.807, 2.05) is 0 Å². The molecule has 3 fully saturated rings. The summed E-state index contributed by atoms with van der Waals surface area (Å²) in [7, 11) is 0. The number of carboxylic acids is 1. The number of carbonyl (C=O) groups is 3. The molecule has 3 heterocycles. The molecule has 0 aromatic carbocycles. The fourth-order valence-electron chi connectivity index (χ4n) is 3.13. The average Bonchev–Trinajstić information content (AvgIpc) is 3.12. The minimum Gasteiger partial charge on any atom is -0.479 e. The van der Waals surface area contributed by atoms with Crippen LogP contribution >= 0.6 is 0 Å². The number of hydrogen-bond acceptors (Lipinski definition) is 6. The van der Waals surface area contributed by atoms with Crippen molar-refractivity contribution in [1.29, 1.82) is 0 Å². The molecule has 0 aromatic heterocycles. The highest BCUT2D eigenvalue weighted by atomic mass is 16.7. The third-order valence-corrected chi connectivity index (χ3v) is 4.29. The highest BCUT2D eigenvalue weighted by Crippen LogP contribution is 2.30. The SMILES string of the molecule is O=C(O)CON1C(=O)N2C[C@H]1CC[C@H]2C(=O)NO[C@@H]1CCNC1. The molecule has 10 nitrogen and oxygen atoms in total. The van der Waals surface area contributed by atoms with Gasteiger partial charge in [-0.15, -0.1) is 0 Å². The van der Waals surface area contributed by atoms with Crippen LogP contribution in [-0.4, -0.2) is 77.4 Å². The minimum absolute atomic E-state index is 0.0556. The summed E-state index contributed by atoms with van der Waals surface area (Å²) in [5, 5.41) is 12.9. The molecule has 3 amide bonds. The van der Waals surface area contributed by atoms with Crippen molar-refractivity contribution in [1.82, 2.24) is 20.8 Å². The number of hydroxylamine groups is 3. The third-order valence-electron chi connectivity index (χ3n) is 4.29. The summed E-state index contributed by atoms with van der Waals surface area (Å²) < 4.78 is 0. The summed E-state index contributed by atoms with van der Waals surface area (Å²) in [6.45, 7) is 1.31. The van der Waals surface area contributed by atoms with E-state index in [0.717, 1.165) is 18.0 Å². The molecular weight excluding hydrogens is 308 g/mol. The molecule has 0 aliphatic carbocycles. The van der Waals surface area contributed by atoms with Gasteiger partial charge in [-0.2, -0.15) is 5.06 Å². The maximum atomic E-state index is 12.3. The van der Waals surface area contributed by atoms with Crippen LogP contribution in [0.5, 0.6) is 0 Å². The molecule has 3 N–H and O–H groups in total. The van der Waals surface area contributed by atoms with Crippen LogP contribution in [0.2, 0.25) is 0 Å². The standard InChI is InChI=1S/C13H20N4O6/c18-11(19)7-22-17-8-1-2-10(16(6-8)13(17)21)12(20)15-23-9-3-4-14-5-9/h8-10,14H,1-7H2,(H,15,20)(H,18,19)/t8-,9-,10+/m1/s1. The first kappa shape index (κ1) is 16.0. The number of rotatable bonds is 6. The molecule has 2 bridgehead atoms. The predicted octanol–water partition coefficient (Wildman–Crippen LogP) is -1.32. The van der Waals surface area contributed by atoms with Crippen molar-refractivity contribution in [3.05, 3.63) is 0 Å². The number of carboxylic acid groups (broad SMARTS) is 1. The zero-order valence-corrected chi connectivity index (χ0v) is 12.6. The summed E-state index contributed by atoms with van der Waals surface area (Å²) in [6.07, 6.45) is 1.83. The second kappa shape index (κ2) is 6.69. The lowest BCUT2D eigenvalue weighted by atomic mass is 10.0. The minimum atomic E-state index is -1.15. The van der Waals surface area contributed by atoms with Crippen LogP contribution in [0.4, 0.5) is 4.79 Å². The Morgan fingerprint density at radius 1 is 1.35 bits per heavy atom. The number of hydrogen-bond donors (Lipinski definition) is 3. The van der Waals surface area contributed by atoms with Gasteiger partial charge in [0.25, 0.3) is 5.91 Å². The van der Waals surface area contributed by atoms with Gasteiger partial charge in [0.1, 0.15) is 6.04 Å². The van der Waals surface area contributed by atoms with Gasteiger partial charge in [-0.3, -0.25) is 14.5 Å². The number of amides is 3. The quantitative estimate of drug-likeness (QED) is 0.517. The Bertz CT molecular complexity index is 495. The highest BCUT2D eigenvalue weighted by Gasteiger charge is 2.48. The molecular formula is C13H20N4O6. The summed E-state index contributed by atoms with van der Waals surface area (Å²) in [5.41, 5.74) is 2.44. The Labute approximate surface area is 132 Å². The van der Waals surface area contributed by atoms with Crippen LogP contribution in [0.15, 0.2) is 0 Å². The van der Waals surface area contributed by atoms with Gasteiger partial charge in [0.2, 0.25) is 0 Å². The van der Waals surface area contributed by atoms with E-state index in [9.17, 15) is 14.4 Å². The monoisotopic (exact) mass is 328 g/mol. The number of urea groups is 1. The molecule has 3 atom stereocenters. The molecule has 128 valence electrons. The second-order valence-electron chi connectivity index (χ2n) is 5.87.